The zero-order valence-electron chi connectivity index (χ0n) is 7.83. The maximum atomic E-state index is 9.10. The molecule has 0 aliphatic heterocycles. The number of hydrogen-bond donors (Lipinski definition) is 1. The van der Waals surface area contributed by atoms with Crippen molar-refractivity contribution in [3.8, 4) is 5.75 Å². The Kier molecular flexibility index (Phi) is 8.08. The molecular weight excluding hydrogens is 214 g/mol. The second-order valence-electron chi connectivity index (χ2n) is 2.37. The molecule has 1 nitrogen and oxygen atoms in total. The second kappa shape index (κ2) is 7.11. The molecule has 2 aromatic rings. The smallest absolute Gasteiger partial charge is 0.508 e. The Morgan fingerprint density at radius 2 is 1.92 bits per heavy atom. The van der Waals surface area contributed by atoms with Gasteiger partial charge in [0.15, 0.2) is 0 Å². The molecule has 0 bridgehead atoms. The second-order valence-corrected chi connectivity index (χ2v) is 2.37. The largest absolute Gasteiger partial charge is 1.00 e. The summed E-state index contributed by atoms with van der Waals surface area (Å²) in [5, 5.41) is 11.1. The molecule has 0 aliphatic carbocycles. The Balaban J connectivity index is 0.000000720. The minimum Gasteiger partial charge on any atom is -0.508 e. The topological polar surface area (TPSA) is 20.2 Å². The molecule has 0 atom stereocenters. The molecule has 3 heteroatoms. The molecular formula is C10H6K2O. The van der Waals surface area contributed by atoms with E-state index in [-0.39, 0.29) is 109 Å². The quantitative estimate of drug-likeness (QED) is 0.356. The fraction of sp³-hybridized carbons (Fsp3) is 0. The van der Waals surface area contributed by atoms with Gasteiger partial charge in [-0.25, -0.2) is 10.8 Å². The first-order chi connectivity index (χ1) is 5.36. The number of fused-ring (bicyclic) bond motifs is 1. The summed E-state index contributed by atoms with van der Waals surface area (Å²) in [5.74, 6) is 0.278. The van der Waals surface area contributed by atoms with Gasteiger partial charge in [-0.1, -0.05) is 6.07 Å². The van der Waals surface area contributed by atoms with E-state index in [0.29, 0.717) is 0 Å². The molecule has 1 N–H and O–H groups in total. The molecule has 0 aliphatic rings. The summed E-state index contributed by atoms with van der Waals surface area (Å²) in [4.78, 5) is 0. The summed E-state index contributed by atoms with van der Waals surface area (Å²) in [6, 6.07) is 14.7. The molecule has 0 saturated heterocycles. The fourth-order valence-corrected chi connectivity index (χ4v) is 1.05. The Labute approximate surface area is 163 Å². The Hall–Kier alpha value is 1.77. The number of hydrogen-bond acceptors (Lipinski definition) is 1. The summed E-state index contributed by atoms with van der Waals surface area (Å²) in [5.41, 5.74) is 0. The van der Waals surface area contributed by atoms with E-state index in [4.69, 9.17) is 5.11 Å². The third kappa shape index (κ3) is 4.03. The Morgan fingerprint density at radius 3 is 2.69 bits per heavy atom. The molecule has 0 saturated carbocycles. The number of phenolic OH excluding ortho intramolecular Hbond substituents is 1. The maximum absolute atomic E-state index is 9.10. The zero-order valence-corrected chi connectivity index (χ0v) is 14.1. The number of aromatic hydroxyl groups is 1. The number of benzene rings is 2. The number of phenols is 1. The monoisotopic (exact) mass is 220 g/mol. The third-order valence-electron chi connectivity index (χ3n) is 1.59. The van der Waals surface area contributed by atoms with Crippen LogP contribution in [-0.4, -0.2) is 5.11 Å². The van der Waals surface area contributed by atoms with Crippen molar-refractivity contribution >= 4 is 10.8 Å². The molecule has 2 rings (SSSR count). The fourth-order valence-electron chi connectivity index (χ4n) is 1.05. The van der Waals surface area contributed by atoms with E-state index < -0.39 is 0 Å². The molecule has 0 amide bonds. The van der Waals surface area contributed by atoms with Gasteiger partial charge in [0.1, 0.15) is 5.75 Å². The minimum absolute atomic E-state index is 0. The normalized spacial score (nSPS) is 8.62. The van der Waals surface area contributed by atoms with Gasteiger partial charge in [-0.2, -0.15) is 6.07 Å². The van der Waals surface area contributed by atoms with Crippen molar-refractivity contribution < 1.29 is 108 Å². The number of rotatable bonds is 0. The van der Waals surface area contributed by atoms with Gasteiger partial charge in [0.25, 0.3) is 0 Å². The molecule has 13 heavy (non-hydrogen) atoms. The van der Waals surface area contributed by atoms with Crippen LogP contribution >= 0.6 is 0 Å². The van der Waals surface area contributed by atoms with E-state index in [1.54, 1.807) is 18.2 Å². The average Bonchev–Trinajstić information content (AvgIpc) is 2.04. The van der Waals surface area contributed by atoms with Crippen LogP contribution in [0.15, 0.2) is 30.3 Å². The van der Waals surface area contributed by atoms with Crippen molar-refractivity contribution in [2.45, 2.75) is 0 Å². The molecule has 0 aromatic heterocycles. The van der Waals surface area contributed by atoms with E-state index >= 15 is 0 Å². The first-order valence-electron chi connectivity index (χ1n) is 3.37. The summed E-state index contributed by atoms with van der Waals surface area (Å²) in [7, 11) is 0. The van der Waals surface area contributed by atoms with Crippen LogP contribution in [0.3, 0.4) is 0 Å². The average molecular weight is 220 g/mol. The molecule has 54 valence electrons. The van der Waals surface area contributed by atoms with Crippen LogP contribution in [-0.2, 0) is 0 Å². The van der Waals surface area contributed by atoms with Gasteiger partial charge < -0.3 is 23.3 Å². The van der Waals surface area contributed by atoms with Crippen LogP contribution in [0.5, 0.6) is 5.75 Å². The summed E-state index contributed by atoms with van der Waals surface area (Å²) in [6.07, 6.45) is 0. The predicted molar refractivity (Wildman–Crippen MR) is 43.3 cm³/mol. The van der Waals surface area contributed by atoms with Crippen LogP contribution in [0.1, 0.15) is 0 Å². The standard InChI is InChI=1S/C10H6O.2K/c11-10-6-5-8-3-1-2-4-9(8)7-10;;/h2-3,5-7,11H;;/q-2;2*+1. The van der Waals surface area contributed by atoms with Gasteiger partial charge in [0, 0.05) is 0 Å². The molecule has 2 aromatic carbocycles. The summed E-state index contributed by atoms with van der Waals surface area (Å²) in [6.45, 7) is 0. The van der Waals surface area contributed by atoms with Crippen LogP contribution < -0.4 is 103 Å². The van der Waals surface area contributed by atoms with Crippen molar-refractivity contribution in [2.24, 2.45) is 0 Å². The maximum Gasteiger partial charge on any atom is 1.00 e. The van der Waals surface area contributed by atoms with Crippen molar-refractivity contribution in [3.05, 3.63) is 42.5 Å². The summed E-state index contributed by atoms with van der Waals surface area (Å²) >= 11 is 0. The van der Waals surface area contributed by atoms with E-state index in [9.17, 15) is 0 Å². The molecule has 0 unspecified atom stereocenters. The van der Waals surface area contributed by atoms with E-state index in [2.05, 4.69) is 12.1 Å². The van der Waals surface area contributed by atoms with E-state index in [0.717, 1.165) is 10.8 Å². The van der Waals surface area contributed by atoms with Gasteiger partial charge in [0.2, 0.25) is 0 Å². The SMILES string of the molecule is Oc1ccc2c[c-]c[c-]c2c1.[K+].[K+]. The van der Waals surface area contributed by atoms with Crippen LogP contribution in [0, 0.1) is 12.1 Å². The summed E-state index contributed by atoms with van der Waals surface area (Å²) < 4.78 is 0. The Bertz CT molecular complexity index is 387. The molecule has 0 spiro atoms. The van der Waals surface area contributed by atoms with Gasteiger partial charge >= 0.3 is 103 Å². The zero-order chi connectivity index (χ0) is 7.68. The van der Waals surface area contributed by atoms with Gasteiger partial charge in [-0.05, 0) is 6.07 Å². The van der Waals surface area contributed by atoms with Crippen molar-refractivity contribution in [3.63, 3.8) is 0 Å². The first kappa shape index (κ1) is 14.8. The minimum atomic E-state index is 0. The van der Waals surface area contributed by atoms with E-state index in [1.807, 2.05) is 12.1 Å². The third-order valence-corrected chi connectivity index (χ3v) is 1.59. The molecule has 0 fully saturated rings. The van der Waals surface area contributed by atoms with Crippen molar-refractivity contribution in [2.75, 3.05) is 0 Å². The van der Waals surface area contributed by atoms with E-state index in [1.165, 1.54) is 0 Å². The van der Waals surface area contributed by atoms with Gasteiger partial charge in [-0.15, -0.1) is 0 Å². The van der Waals surface area contributed by atoms with Crippen molar-refractivity contribution in [1.82, 2.24) is 0 Å². The molecule has 0 radical (unpaired) electrons. The van der Waals surface area contributed by atoms with Gasteiger partial charge in [-0.3, -0.25) is 6.07 Å². The Morgan fingerprint density at radius 1 is 1.15 bits per heavy atom. The van der Waals surface area contributed by atoms with Crippen molar-refractivity contribution in [1.29, 1.82) is 0 Å². The first-order valence-corrected chi connectivity index (χ1v) is 3.37. The van der Waals surface area contributed by atoms with Gasteiger partial charge in [0.05, 0.1) is 0 Å². The van der Waals surface area contributed by atoms with Crippen LogP contribution in [0.25, 0.3) is 10.8 Å². The van der Waals surface area contributed by atoms with Crippen LogP contribution in [0.4, 0.5) is 0 Å². The predicted octanol–water partition coefficient (Wildman–Crippen LogP) is -3.85. The molecule has 0 heterocycles. The van der Waals surface area contributed by atoms with Crippen LogP contribution in [0.2, 0.25) is 0 Å².